The fourth-order valence-electron chi connectivity index (χ4n) is 1.87. The van der Waals surface area contributed by atoms with E-state index in [4.69, 9.17) is 15.2 Å². The Balaban J connectivity index is 1.60. The van der Waals surface area contributed by atoms with Crippen molar-refractivity contribution in [1.29, 1.82) is 0 Å². The van der Waals surface area contributed by atoms with Gasteiger partial charge in [-0.05, 0) is 30.7 Å². The van der Waals surface area contributed by atoms with E-state index in [1.165, 1.54) is 0 Å². The van der Waals surface area contributed by atoms with Crippen molar-refractivity contribution < 1.29 is 9.47 Å². The van der Waals surface area contributed by atoms with Crippen LogP contribution in [0, 0.1) is 0 Å². The molecular formula is C13H20N2O2. The summed E-state index contributed by atoms with van der Waals surface area (Å²) in [6, 6.07) is 7.53. The van der Waals surface area contributed by atoms with E-state index in [1.54, 1.807) is 0 Å². The van der Waals surface area contributed by atoms with Gasteiger partial charge in [0.2, 0.25) is 0 Å². The van der Waals surface area contributed by atoms with E-state index in [0.29, 0.717) is 0 Å². The zero-order valence-corrected chi connectivity index (χ0v) is 10.1. The van der Waals surface area contributed by atoms with Gasteiger partial charge >= 0.3 is 0 Å². The van der Waals surface area contributed by atoms with Crippen molar-refractivity contribution in [2.75, 3.05) is 45.2 Å². The average Bonchev–Trinajstić information content (AvgIpc) is 2.38. The Kier molecular flexibility index (Phi) is 4.64. The third-order valence-electron chi connectivity index (χ3n) is 2.87. The molecule has 0 spiro atoms. The van der Waals surface area contributed by atoms with Gasteiger partial charge in [0.15, 0.2) is 0 Å². The minimum Gasteiger partial charge on any atom is -0.494 e. The van der Waals surface area contributed by atoms with E-state index in [0.717, 1.165) is 57.3 Å². The van der Waals surface area contributed by atoms with Gasteiger partial charge in [-0.15, -0.1) is 0 Å². The first-order valence-corrected chi connectivity index (χ1v) is 6.13. The van der Waals surface area contributed by atoms with E-state index in [-0.39, 0.29) is 0 Å². The maximum atomic E-state index is 5.64. The molecule has 94 valence electrons. The Hall–Kier alpha value is -1.26. The monoisotopic (exact) mass is 236 g/mol. The molecule has 0 aromatic heterocycles. The molecule has 1 aliphatic heterocycles. The number of nitrogen functional groups attached to an aromatic ring is 1. The SMILES string of the molecule is Nc1ccc(OCCCN2CCOCC2)cc1. The Morgan fingerprint density at radius 2 is 1.88 bits per heavy atom. The molecule has 0 saturated carbocycles. The highest BCUT2D eigenvalue weighted by atomic mass is 16.5. The topological polar surface area (TPSA) is 47.7 Å². The average molecular weight is 236 g/mol. The van der Waals surface area contributed by atoms with Gasteiger partial charge in [-0.3, -0.25) is 4.90 Å². The van der Waals surface area contributed by atoms with Gasteiger partial charge < -0.3 is 15.2 Å². The van der Waals surface area contributed by atoms with E-state index in [1.807, 2.05) is 24.3 Å². The van der Waals surface area contributed by atoms with Crippen LogP contribution in [-0.2, 0) is 4.74 Å². The number of morpholine rings is 1. The summed E-state index contributed by atoms with van der Waals surface area (Å²) >= 11 is 0. The third kappa shape index (κ3) is 4.24. The molecule has 2 rings (SSSR count). The second kappa shape index (κ2) is 6.47. The molecule has 0 atom stereocenters. The molecule has 0 radical (unpaired) electrons. The molecule has 1 aliphatic rings. The fraction of sp³-hybridized carbons (Fsp3) is 0.538. The van der Waals surface area contributed by atoms with Crippen LogP contribution in [0.1, 0.15) is 6.42 Å². The van der Waals surface area contributed by atoms with Crippen molar-refractivity contribution in [3.63, 3.8) is 0 Å². The Labute approximate surface area is 102 Å². The van der Waals surface area contributed by atoms with Crippen LogP contribution in [0.3, 0.4) is 0 Å². The fourth-order valence-corrected chi connectivity index (χ4v) is 1.87. The molecule has 1 aromatic carbocycles. The van der Waals surface area contributed by atoms with Crippen LogP contribution in [0.15, 0.2) is 24.3 Å². The predicted octanol–water partition coefficient (Wildman–Crippen LogP) is 1.37. The van der Waals surface area contributed by atoms with Crippen molar-refractivity contribution in [1.82, 2.24) is 4.90 Å². The molecule has 4 nitrogen and oxygen atoms in total. The second-order valence-electron chi connectivity index (χ2n) is 4.23. The summed E-state index contributed by atoms with van der Waals surface area (Å²) in [5.74, 6) is 0.890. The van der Waals surface area contributed by atoms with E-state index < -0.39 is 0 Å². The largest absolute Gasteiger partial charge is 0.494 e. The molecule has 1 aromatic rings. The van der Waals surface area contributed by atoms with Crippen LogP contribution in [0.25, 0.3) is 0 Å². The molecule has 0 aliphatic carbocycles. The molecular weight excluding hydrogens is 216 g/mol. The molecule has 0 amide bonds. The predicted molar refractivity (Wildman–Crippen MR) is 68.2 cm³/mol. The van der Waals surface area contributed by atoms with Crippen molar-refractivity contribution >= 4 is 5.69 Å². The van der Waals surface area contributed by atoms with E-state index in [9.17, 15) is 0 Å². The first-order valence-electron chi connectivity index (χ1n) is 6.13. The molecule has 0 unspecified atom stereocenters. The zero-order valence-electron chi connectivity index (χ0n) is 10.1. The molecule has 1 heterocycles. The lowest BCUT2D eigenvalue weighted by Gasteiger charge is -2.26. The summed E-state index contributed by atoms with van der Waals surface area (Å²) in [7, 11) is 0. The first kappa shape index (κ1) is 12.2. The molecule has 2 N–H and O–H groups in total. The highest BCUT2D eigenvalue weighted by Crippen LogP contribution is 2.13. The van der Waals surface area contributed by atoms with Crippen molar-refractivity contribution in [2.45, 2.75) is 6.42 Å². The molecule has 1 fully saturated rings. The van der Waals surface area contributed by atoms with Gasteiger partial charge in [0.05, 0.1) is 19.8 Å². The molecule has 0 bridgehead atoms. The smallest absolute Gasteiger partial charge is 0.119 e. The number of benzene rings is 1. The number of ether oxygens (including phenoxy) is 2. The van der Waals surface area contributed by atoms with E-state index in [2.05, 4.69) is 4.90 Å². The standard InChI is InChI=1S/C13H20N2O2/c14-12-2-4-13(5-3-12)17-9-1-6-15-7-10-16-11-8-15/h2-5H,1,6-11,14H2. The van der Waals surface area contributed by atoms with E-state index >= 15 is 0 Å². The number of nitrogens with two attached hydrogens (primary N) is 1. The summed E-state index contributed by atoms with van der Waals surface area (Å²) in [6.45, 7) is 5.64. The second-order valence-corrected chi connectivity index (χ2v) is 4.23. The van der Waals surface area contributed by atoms with Crippen molar-refractivity contribution in [2.24, 2.45) is 0 Å². The summed E-state index contributed by atoms with van der Waals surface area (Å²) in [6.07, 6.45) is 1.05. The maximum Gasteiger partial charge on any atom is 0.119 e. The van der Waals surface area contributed by atoms with Crippen LogP contribution in [-0.4, -0.2) is 44.4 Å². The first-order chi connectivity index (χ1) is 8.34. The molecule has 1 saturated heterocycles. The lowest BCUT2D eigenvalue weighted by molar-refractivity contribution is 0.0358. The number of hydrogen-bond donors (Lipinski definition) is 1. The quantitative estimate of drug-likeness (QED) is 0.619. The van der Waals surface area contributed by atoms with Gasteiger partial charge in [0.1, 0.15) is 5.75 Å². The summed E-state index contributed by atoms with van der Waals surface area (Å²) in [5, 5.41) is 0. The minimum atomic E-state index is 0.751. The van der Waals surface area contributed by atoms with Gasteiger partial charge in [0, 0.05) is 25.3 Å². The summed E-state index contributed by atoms with van der Waals surface area (Å²) < 4.78 is 10.9. The van der Waals surface area contributed by atoms with Gasteiger partial charge in [-0.25, -0.2) is 0 Å². The third-order valence-corrected chi connectivity index (χ3v) is 2.87. The normalized spacial score (nSPS) is 16.9. The molecule has 4 heteroatoms. The summed E-state index contributed by atoms with van der Waals surface area (Å²) in [4.78, 5) is 2.41. The van der Waals surface area contributed by atoms with Crippen molar-refractivity contribution in [3.8, 4) is 5.75 Å². The zero-order chi connectivity index (χ0) is 11.9. The van der Waals surface area contributed by atoms with Crippen LogP contribution < -0.4 is 10.5 Å². The lowest BCUT2D eigenvalue weighted by Crippen LogP contribution is -2.37. The number of nitrogens with zero attached hydrogens (tertiary/aromatic N) is 1. The Bertz CT molecular complexity index is 321. The highest BCUT2D eigenvalue weighted by Gasteiger charge is 2.09. The van der Waals surface area contributed by atoms with Gasteiger partial charge in [-0.1, -0.05) is 0 Å². The van der Waals surface area contributed by atoms with Crippen LogP contribution in [0.5, 0.6) is 5.75 Å². The number of anilines is 1. The van der Waals surface area contributed by atoms with Crippen LogP contribution >= 0.6 is 0 Å². The number of hydrogen-bond acceptors (Lipinski definition) is 4. The highest BCUT2D eigenvalue weighted by molar-refractivity contribution is 5.41. The van der Waals surface area contributed by atoms with Gasteiger partial charge in [0.25, 0.3) is 0 Å². The minimum absolute atomic E-state index is 0.751. The Morgan fingerprint density at radius 1 is 1.18 bits per heavy atom. The maximum absolute atomic E-state index is 5.64. The van der Waals surface area contributed by atoms with Crippen molar-refractivity contribution in [3.05, 3.63) is 24.3 Å². The molecule has 17 heavy (non-hydrogen) atoms. The van der Waals surface area contributed by atoms with Gasteiger partial charge in [-0.2, -0.15) is 0 Å². The number of rotatable bonds is 5. The lowest BCUT2D eigenvalue weighted by atomic mass is 10.3. The Morgan fingerprint density at radius 3 is 2.59 bits per heavy atom. The van der Waals surface area contributed by atoms with Crippen LogP contribution in [0.2, 0.25) is 0 Å². The van der Waals surface area contributed by atoms with Crippen LogP contribution in [0.4, 0.5) is 5.69 Å². The summed E-state index contributed by atoms with van der Waals surface area (Å²) in [5.41, 5.74) is 6.37.